The number of carbonyl (C=O) groups is 1. The molecule has 0 N–H and O–H groups in total. The van der Waals surface area contributed by atoms with Gasteiger partial charge >= 0.3 is 0 Å². The van der Waals surface area contributed by atoms with Crippen LogP contribution in [-0.4, -0.2) is 68.8 Å². The highest BCUT2D eigenvalue weighted by Crippen LogP contribution is 2.43. The number of rotatable bonds is 8. The normalized spacial score (nSPS) is 23.7. The lowest BCUT2D eigenvalue weighted by Gasteiger charge is -2.47. The zero-order chi connectivity index (χ0) is 21.0. The summed E-state index contributed by atoms with van der Waals surface area (Å²) >= 11 is 0. The van der Waals surface area contributed by atoms with Crippen LogP contribution in [-0.2, 0) is 16.0 Å². The first-order valence-electron chi connectivity index (χ1n) is 10.6. The molecule has 29 heavy (non-hydrogen) atoms. The van der Waals surface area contributed by atoms with Gasteiger partial charge in [-0.05, 0) is 49.9 Å². The molecule has 1 fully saturated rings. The van der Waals surface area contributed by atoms with Crippen molar-refractivity contribution < 1.29 is 19.0 Å². The smallest absolute Gasteiger partial charge is 0.229 e. The summed E-state index contributed by atoms with van der Waals surface area (Å²) in [5, 5.41) is 0. The number of fused-ring (bicyclic) bond motifs is 3. The van der Waals surface area contributed by atoms with Crippen molar-refractivity contribution in [1.82, 2.24) is 9.80 Å². The van der Waals surface area contributed by atoms with E-state index in [1.807, 2.05) is 18.7 Å². The fraction of sp³-hybridized carbons (Fsp3) is 0.609. The highest BCUT2D eigenvalue weighted by atomic mass is 16.5. The fourth-order valence-electron chi connectivity index (χ4n) is 4.71. The van der Waals surface area contributed by atoms with Crippen molar-refractivity contribution in [2.24, 2.45) is 5.92 Å². The molecule has 3 unspecified atom stereocenters. The van der Waals surface area contributed by atoms with E-state index in [1.54, 1.807) is 20.3 Å². The summed E-state index contributed by atoms with van der Waals surface area (Å²) in [4.78, 5) is 17.6. The molecule has 160 valence electrons. The van der Waals surface area contributed by atoms with E-state index in [9.17, 15) is 4.79 Å². The fourth-order valence-corrected chi connectivity index (χ4v) is 4.71. The minimum Gasteiger partial charge on any atom is -0.493 e. The molecule has 2 aliphatic rings. The molecule has 0 radical (unpaired) electrons. The number of benzene rings is 1. The first-order valence-corrected chi connectivity index (χ1v) is 10.6. The minimum atomic E-state index is -0.146. The second-order valence-corrected chi connectivity index (χ2v) is 7.68. The summed E-state index contributed by atoms with van der Waals surface area (Å²) < 4.78 is 17.2. The number of hydrogen-bond acceptors (Lipinski definition) is 5. The van der Waals surface area contributed by atoms with Crippen LogP contribution in [0.1, 0.15) is 37.4 Å². The van der Waals surface area contributed by atoms with Crippen molar-refractivity contribution >= 4 is 5.91 Å². The van der Waals surface area contributed by atoms with E-state index in [0.29, 0.717) is 6.61 Å². The number of nitrogens with zero attached hydrogens (tertiary/aromatic N) is 2. The van der Waals surface area contributed by atoms with Crippen LogP contribution in [0, 0.1) is 5.92 Å². The number of hydrogen-bond donors (Lipinski definition) is 0. The second-order valence-electron chi connectivity index (χ2n) is 7.68. The van der Waals surface area contributed by atoms with E-state index in [0.717, 1.165) is 50.5 Å². The van der Waals surface area contributed by atoms with Crippen molar-refractivity contribution in [1.29, 1.82) is 0 Å². The average Bonchev–Trinajstić information content (AvgIpc) is 2.76. The maximum Gasteiger partial charge on any atom is 0.229 e. The summed E-state index contributed by atoms with van der Waals surface area (Å²) in [6.45, 7) is 11.4. The Morgan fingerprint density at radius 2 is 1.93 bits per heavy atom. The lowest BCUT2D eigenvalue weighted by Crippen LogP contribution is -2.54. The topological polar surface area (TPSA) is 51.2 Å². The first kappa shape index (κ1) is 21.7. The van der Waals surface area contributed by atoms with Crippen molar-refractivity contribution in [3.8, 4) is 11.5 Å². The monoisotopic (exact) mass is 402 g/mol. The van der Waals surface area contributed by atoms with Gasteiger partial charge < -0.3 is 19.1 Å². The largest absolute Gasteiger partial charge is 0.493 e. The highest BCUT2D eigenvalue weighted by Gasteiger charge is 2.43. The van der Waals surface area contributed by atoms with Crippen LogP contribution in [0.3, 0.4) is 0 Å². The van der Waals surface area contributed by atoms with E-state index in [4.69, 9.17) is 14.2 Å². The molecule has 3 atom stereocenters. The third-order valence-corrected chi connectivity index (χ3v) is 6.27. The molecule has 0 spiro atoms. The Labute approximate surface area is 174 Å². The van der Waals surface area contributed by atoms with Gasteiger partial charge in [0.1, 0.15) is 0 Å². The predicted molar refractivity (Wildman–Crippen MR) is 114 cm³/mol. The van der Waals surface area contributed by atoms with Gasteiger partial charge in [-0.1, -0.05) is 6.08 Å². The van der Waals surface area contributed by atoms with Crippen LogP contribution in [0.25, 0.3) is 0 Å². The van der Waals surface area contributed by atoms with Crippen LogP contribution in [0.4, 0.5) is 0 Å². The van der Waals surface area contributed by atoms with E-state index < -0.39 is 0 Å². The van der Waals surface area contributed by atoms with Crippen molar-refractivity contribution in [2.45, 2.75) is 38.8 Å². The minimum absolute atomic E-state index is 0.124. The van der Waals surface area contributed by atoms with Crippen LogP contribution < -0.4 is 9.47 Å². The molecular formula is C23H34N2O4. The molecule has 1 aromatic rings. The molecule has 0 aliphatic carbocycles. The standard InChI is InChI=1S/C23H34N2O4/c1-6-11-29-20-14-19-17-13-22(28-5)21(27-4)12-16(17)9-10-25(19)15-18(20)23(26)24(7-2)8-3/h6,12-13,18-20H,1,7-11,14-15H2,2-5H3. The van der Waals surface area contributed by atoms with Gasteiger partial charge in [0.25, 0.3) is 0 Å². The molecule has 6 heteroatoms. The van der Waals surface area contributed by atoms with Gasteiger partial charge in [0.15, 0.2) is 11.5 Å². The van der Waals surface area contributed by atoms with Crippen molar-refractivity contribution in [3.05, 3.63) is 35.9 Å². The van der Waals surface area contributed by atoms with Crippen LogP contribution in [0.2, 0.25) is 0 Å². The molecule has 1 aromatic carbocycles. The summed E-state index contributed by atoms with van der Waals surface area (Å²) in [5.74, 6) is 1.57. The lowest BCUT2D eigenvalue weighted by molar-refractivity contribution is -0.146. The number of carbonyl (C=O) groups excluding carboxylic acids is 1. The van der Waals surface area contributed by atoms with Crippen molar-refractivity contribution in [2.75, 3.05) is 47.0 Å². The van der Waals surface area contributed by atoms with E-state index >= 15 is 0 Å². The summed E-state index contributed by atoms with van der Waals surface area (Å²) in [5.41, 5.74) is 2.55. The first-order chi connectivity index (χ1) is 14.1. The third kappa shape index (κ3) is 4.28. The lowest BCUT2D eigenvalue weighted by atomic mass is 9.81. The molecule has 2 heterocycles. The van der Waals surface area contributed by atoms with E-state index in [-0.39, 0.29) is 24.0 Å². The number of methoxy groups -OCH3 is 2. The average molecular weight is 403 g/mol. The van der Waals surface area contributed by atoms with E-state index in [2.05, 4.69) is 23.6 Å². The van der Waals surface area contributed by atoms with Gasteiger partial charge in [0, 0.05) is 32.2 Å². The predicted octanol–water partition coefficient (Wildman–Crippen LogP) is 3.06. The molecule has 0 bridgehead atoms. The highest BCUT2D eigenvalue weighted by molar-refractivity contribution is 5.80. The molecule has 0 saturated carbocycles. The van der Waals surface area contributed by atoms with Crippen LogP contribution in [0.15, 0.2) is 24.8 Å². The molecule has 1 amide bonds. The molecule has 0 aromatic heterocycles. The Kier molecular flexibility index (Phi) is 7.19. The summed E-state index contributed by atoms with van der Waals surface area (Å²) in [7, 11) is 3.34. The summed E-state index contributed by atoms with van der Waals surface area (Å²) in [6.07, 6.45) is 3.36. The molecular weight excluding hydrogens is 368 g/mol. The Balaban J connectivity index is 1.91. The van der Waals surface area contributed by atoms with E-state index in [1.165, 1.54) is 11.1 Å². The number of piperidine rings is 1. The SMILES string of the molecule is C=CCOC1CC2c3cc(OC)c(OC)cc3CCN2CC1C(=O)N(CC)CC. The van der Waals surface area contributed by atoms with Gasteiger partial charge in [-0.3, -0.25) is 9.69 Å². The zero-order valence-electron chi connectivity index (χ0n) is 18.1. The van der Waals surface area contributed by atoms with Gasteiger partial charge in [-0.2, -0.15) is 0 Å². The Bertz CT molecular complexity index is 732. The third-order valence-electron chi connectivity index (χ3n) is 6.27. The molecule has 1 saturated heterocycles. The Hall–Kier alpha value is -2.05. The maximum atomic E-state index is 13.2. The second kappa shape index (κ2) is 9.63. The molecule has 2 aliphatic heterocycles. The maximum absolute atomic E-state index is 13.2. The van der Waals surface area contributed by atoms with Gasteiger partial charge in [-0.15, -0.1) is 6.58 Å². The van der Waals surface area contributed by atoms with Gasteiger partial charge in [0.05, 0.1) is 32.8 Å². The molecule has 3 rings (SSSR count). The quantitative estimate of drug-likeness (QED) is 0.626. The van der Waals surface area contributed by atoms with Gasteiger partial charge in [-0.25, -0.2) is 0 Å². The zero-order valence-corrected chi connectivity index (χ0v) is 18.1. The Morgan fingerprint density at radius 3 is 2.55 bits per heavy atom. The summed E-state index contributed by atoms with van der Waals surface area (Å²) in [6, 6.07) is 4.41. The Morgan fingerprint density at radius 1 is 1.24 bits per heavy atom. The number of amides is 1. The number of ether oxygens (including phenoxy) is 3. The van der Waals surface area contributed by atoms with Crippen molar-refractivity contribution in [3.63, 3.8) is 0 Å². The molecule has 6 nitrogen and oxygen atoms in total. The van der Waals surface area contributed by atoms with Crippen LogP contribution >= 0.6 is 0 Å². The van der Waals surface area contributed by atoms with Crippen LogP contribution in [0.5, 0.6) is 11.5 Å². The van der Waals surface area contributed by atoms with Gasteiger partial charge in [0.2, 0.25) is 5.91 Å².